The van der Waals surface area contributed by atoms with Gasteiger partial charge >= 0.3 is 0 Å². The molecule has 32 heavy (non-hydrogen) atoms. The number of nitrogens with one attached hydrogen (secondary N) is 1. The van der Waals surface area contributed by atoms with Gasteiger partial charge in [-0.05, 0) is 63.1 Å². The van der Waals surface area contributed by atoms with E-state index in [9.17, 15) is 0 Å². The Bertz CT molecular complexity index is 824. The van der Waals surface area contributed by atoms with Gasteiger partial charge in [0.2, 0.25) is 0 Å². The minimum atomic E-state index is -0.0232. The van der Waals surface area contributed by atoms with Crippen LogP contribution < -0.4 is 10.1 Å². The number of benzene rings is 2. The summed E-state index contributed by atoms with van der Waals surface area (Å²) >= 11 is 0. The van der Waals surface area contributed by atoms with Crippen LogP contribution in [0, 0.1) is 0 Å². The number of anilines is 1. The van der Waals surface area contributed by atoms with E-state index in [-0.39, 0.29) is 5.41 Å². The molecule has 0 aliphatic heterocycles. The fourth-order valence-corrected chi connectivity index (χ4v) is 3.72. The van der Waals surface area contributed by atoms with Crippen LogP contribution in [0.5, 0.6) is 5.75 Å². The third-order valence-corrected chi connectivity index (χ3v) is 5.41. The highest BCUT2D eigenvalue weighted by Gasteiger charge is 2.27. The average molecular weight is 437 g/mol. The molecule has 3 heteroatoms. The Balaban J connectivity index is 0.00000161. The zero-order valence-electron chi connectivity index (χ0n) is 21.4. The Labute approximate surface area is 197 Å². The summed E-state index contributed by atoms with van der Waals surface area (Å²) in [4.78, 5) is 2.57. The van der Waals surface area contributed by atoms with Crippen molar-refractivity contribution >= 4 is 5.69 Å². The van der Waals surface area contributed by atoms with E-state index in [1.165, 1.54) is 22.4 Å². The van der Waals surface area contributed by atoms with E-state index in [0.29, 0.717) is 0 Å². The van der Waals surface area contributed by atoms with E-state index in [0.717, 1.165) is 38.3 Å². The summed E-state index contributed by atoms with van der Waals surface area (Å²) < 4.78 is 5.55. The summed E-state index contributed by atoms with van der Waals surface area (Å²) in [5.41, 5.74) is 5.17. The molecule has 0 fully saturated rings. The first-order chi connectivity index (χ1) is 15.3. The van der Waals surface area contributed by atoms with Crippen molar-refractivity contribution < 1.29 is 4.74 Å². The van der Waals surface area contributed by atoms with Crippen LogP contribution >= 0.6 is 0 Å². The maximum atomic E-state index is 5.55. The average Bonchev–Trinajstić information content (AvgIpc) is 2.78. The summed E-state index contributed by atoms with van der Waals surface area (Å²) in [6.07, 6.45) is 5.05. The van der Waals surface area contributed by atoms with Crippen LogP contribution in [0.1, 0.15) is 59.1 Å². The maximum Gasteiger partial charge on any atom is 0.119 e. The third kappa shape index (κ3) is 9.32. The van der Waals surface area contributed by atoms with E-state index in [4.69, 9.17) is 4.74 Å². The lowest BCUT2D eigenvalue weighted by atomic mass is 9.82. The van der Waals surface area contributed by atoms with E-state index >= 15 is 0 Å². The molecule has 0 amide bonds. The number of hydrogen-bond donors (Lipinski definition) is 1. The van der Waals surface area contributed by atoms with Crippen molar-refractivity contribution in [1.82, 2.24) is 4.90 Å². The van der Waals surface area contributed by atoms with Crippen LogP contribution in [-0.2, 0) is 12.0 Å². The van der Waals surface area contributed by atoms with E-state index in [1.54, 1.807) is 13.2 Å². The molecule has 0 heterocycles. The number of methoxy groups -OCH3 is 1. The Morgan fingerprint density at radius 1 is 1.12 bits per heavy atom. The molecular weight excluding hydrogens is 392 g/mol. The second-order valence-electron chi connectivity index (χ2n) is 8.89. The molecule has 0 atom stereocenters. The predicted octanol–water partition coefficient (Wildman–Crippen LogP) is 7.46. The van der Waals surface area contributed by atoms with Crippen LogP contribution in [0.15, 0.2) is 72.8 Å². The van der Waals surface area contributed by atoms with Crippen LogP contribution in [0.2, 0.25) is 0 Å². The molecule has 0 saturated carbocycles. The fourth-order valence-electron chi connectivity index (χ4n) is 3.72. The molecule has 0 aliphatic rings. The minimum absolute atomic E-state index is 0.0232. The molecule has 0 bridgehead atoms. The molecule has 0 saturated heterocycles. The lowest BCUT2D eigenvalue weighted by Gasteiger charge is -2.35. The van der Waals surface area contributed by atoms with Gasteiger partial charge in [0.1, 0.15) is 5.75 Å². The summed E-state index contributed by atoms with van der Waals surface area (Å²) in [6, 6.07) is 17.2. The number of ether oxygens (including phenoxy) is 1. The second-order valence-corrected chi connectivity index (χ2v) is 8.89. The zero-order chi connectivity index (χ0) is 24.0. The van der Waals surface area contributed by atoms with E-state index in [2.05, 4.69) is 100.0 Å². The smallest absolute Gasteiger partial charge is 0.119 e. The predicted molar refractivity (Wildman–Crippen MR) is 142 cm³/mol. The van der Waals surface area contributed by atoms with Crippen molar-refractivity contribution in [3.8, 4) is 5.75 Å². The normalized spacial score (nSPS) is 11.6. The van der Waals surface area contributed by atoms with Crippen molar-refractivity contribution in [2.24, 2.45) is 0 Å². The number of rotatable bonds is 11. The molecule has 1 N–H and O–H groups in total. The van der Waals surface area contributed by atoms with Crippen LogP contribution in [0.25, 0.3) is 0 Å². The van der Waals surface area contributed by atoms with Crippen molar-refractivity contribution in [2.75, 3.05) is 32.1 Å². The van der Waals surface area contributed by atoms with Crippen molar-refractivity contribution in [3.63, 3.8) is 0 Å². The standard InChI is InChI=1S/C26H38N2O.C3H6/c1-7-16-28(19-22-12-10-9-11-13-22)20-26(4,5)24-17-23(29-6)14-15-25(24)27-18-21(3)8-2;1-3-2/h8-15,17,27H,7,16,18-20H2,1-6H3;3H,1H2,2H3/b21-8+;. The molecule has 2 rings (SSSR count). The van der Waals surface area contributed by atoms with Gasteiger partial charge in [-0.15, -0.1) is 6.58 Å². The molecule has 0 unspecified atom stereocenters. The van der Waals surface area contributed by atoms with Crippen LogP contribution in [0.4, 0.5) is 5.69 Å². The largest absolute Gasteiger partial charge is 0.497 e. The van der Waals surface area contributed by atoms with E-state index in [1.807, 2.05) is 13.0 Å². The van der Waals surface area contributed by atoms with Gasteiger partial charge in [-0.1, -0.05) is 68.8 Å². The summed E-state index contributed by atoms with van der Waals surface area (Å²) in [7, 11) is 1.74. The van der Waals surface area contributed by atoms with Crippen molar-refractivity contribution in [2.45, 2.75) is 59.9 Å². The van der Waals surface area contributed by atoms with Gasteiger partial charge in [-0.2, -0.15) is 0 Å². The van der Waals surface area contributed by atoms with Gasteiger partial charge in [-0.25, -0.2) is 0 Å². The first-order valence-corrected chi connectivity index (χ1v) is 11.7. The van der Waals surface area contributed by atoms with Gasteiger partial charge in [0.15, 0.2) is 0 Å². The summed E-state index contributed by atoms with van der Waals surface area (Å²) in [5, 5.41) is 3.63. The highest BCUT2D eigenvalue weighted by molar-refractivity contribution is 5.58. The lowest BCUT2D eigenvalue weighted by molar-refractivity contribution is 0.216. The second kappa shape index (κ2) is 14.5. The first-order valence-electron chi connectivity index (χ1n) is 11.7. The topological polar surface area (TPSA) is 24.5 Å². The number of allylic oxidation sites excluding steroid dienone is 2. The fraction of sp³-hybridized carbons (Fsp3) is 0.448. The SMILES string of the molecule is C/C=C(\C)CNc1ccc(OC)cc1C(C)(C)CN(CCC)Cc1ccccc1.C=CC. The number of nitrogens with zero attached hydrogens (tertiary/aromatic N) is 1. The molecular formula is C29H44N2O. The quantitative estimate of drug-likeness (QED) is 0.370. The molecule has 176 valence electrons. The molecule has 2 aromatic carbocycles. The summed E-state index contributed by atoms with van der Waals surface area (Å²) in [6.45, 7) is 20.3. The molecule has 3 nitrogen and oxygen atoms in total. The molecule has 0 spiro atoms. The van der Waals surface area contributed by atoms with E-state index < -0.39 is 0 Å². The Kier molecular flexibility index (Phi) is 12.5. The minimum Gasteiger partial charge on any atom is -0.497 e. The van der Waals surface area contributed by atoms with Crippen LogP contribution in [0.3, 0.4) is 0 Å². The maximum absolute atomic E-state index is 5.55. The Morgan fingerprint density at radius 2 is 1.78 bits per heavy atom. The van der Waals surface area contributed by atoms with Gasteiger partial charge in [0, 0.05) is 30.7 Å². The van der Waals surface area contributed by atoms with Gasteiger partial charge < -0.3 is 10.1 Å². The van der Waals surface area contributed by atoms with Crippen molar-refractivity contribution in [1.29, 1.82) is 0 Å². The molecule has 0 aliphatic carbocycles. The third-order valence-electron chi connectivity index (χ3n) is 5.41. The first kappa shape index (κ1) is 27.5. The van der Waals surface area contributed by atoms with Gasteiger partial charge in [0.25, 0.3) is 0 Å². The van der Waals surface area contributed by atoms with Gasteiger partial charge in [-0.3, -0.25) is 4.90 Å². The Hall–Kier alpha value is -2.52. The molecule has 0 radical (unpaired) electrons. The van der Waals surface area contributed by atoms with Crippen LogP contribution in [-0.4, -0.2) is 31.6 Å². The number of hydrogen-bond acceptors (Lipinski definition) is 3. The van der Waals surface area contributed by atoms with Gasteiger partial charge in [0.05, 0.1) is 7.11 Å². The lowest BCUT2D eigenvalue weighted by Crippen LogP contribution is -2.37. The van der Waals surface area contributed by atoms with Crippen molar-refractivity contribution in [3.05, 3.63) is 84.0 Å². The summed E-state index contributed by atoms with van der Waals surface area (Å²) in [5.74, 6) is 0.909. The Morgan fingerprint density at radius 3 is 2.34 bits per heavy atom. The zero-order valence-corrected chi connectivity index (χ0v) is 21.4. The molecule has 0 aromatic heterocycles. The molecule has 2 aromatic rings. The monoisotopic (exact) mass is 436 g/mol. The highest BCUT2D eigenvalue weighted by Crippen LogP contribution is 2.34. The highest BCUT2D eigenvalue weighted by atomic mass is 16.5.